The molecule has 27 heavy (non-hydrogen) atoms. The highest BCUT2D eigenvalue weighted by atomic mass is 19.4. The first kappa shape index (κ1) is 24.3. The van der Waals surface area contributed by atoms with Crippen LogP contribution in [0.25, 0.3) is 0 Å². The average Bonchev–Trinajstić information content (AvgIpc) is 2.48. The lowest BCUT2D eigenvalue weighted by atomic mass is 10.0. The summed E-state index contributed by atoms with van der Waals surface area (Å²) < 4.78 is 37.2. The van der Waals surface area contributed by atoms with Gasteiger partial charge in [-0.05, 0) is 12.8 Å². The van der Waals surface area contributed by atoms with Crippen LogP contribution in [0.2, 0.25) is 0 Å². The second kappa shape index (κ2) is 9.88. The van der Waals surface area contributed by atoms with Crippen molar-refractivity contribution < 1.29 is 37.1 Å². The Labute approximate surface area is 153 Å². The van der Waals surface area contributed by atoms with Crippen LogP contribution in [0.15, 0.2) is 0 Å². The molecule has 0 aromatic heterocycles. The van der Waals surface area contributed by atoms with Crippen molar-refractivity contribution in [2.75, 3.05) is 0 Å². The van der Waals surface area contributed by atoms with Crippen LogP contribution >= 0.6 is 0 Å². The summed E-state index contributed by atoms with van der Waals surface area (Å²) >= 11 is 0. The van der Waals surface area contributed by atoms with E-state index in [1.165, 1.54) is 6.92 Å². The Hall–Kier alpha value is -2.66. The maximum atomic E-state index is 12.4. The third-order valence-corrected chi connectivity index (χ3v) is 3.38. The summed E-state index contributed by atoms with van der Waals surface area (Å²) in [7, 11) is 0. The van der Waals surface area contributed by atoms with Crippen LogP contribution in [0.3, 0.4) is 0 Å². The molecular weight excluding hydrogens is 373 g/mol. The monoisotopic (exact) mass is 396 g/mol. The number of halogens is 3. The first-order valence-corrected chi connectivity index (χ1v) is 7.94. The lowest BCUT2D eigenvalue weighted by Crippen LogP contribution is -2.57. The van der Waals surface area contributed by atoms with Crippen molar-refractivity contribution in [3.8, 4) is 0 Å². The Morgan fingerprint density at radius 3 is 1.81 bits per heavy atom. The van der Waals surface area contributed by atoms with Crippen molar-refractivity contribution in [3.63, 3.8) is 0 Å². The van der Waals surface area contributed by atoms with Crippen molar-refractivity contribution in [1.82, 2.24) is 16.0 Å². The van der Waals surface area contributed by atoms with Crippen LogP contribution in [0.1, 0.15) is 34.1 Å². The Kier molecular flexibility index (Phi) is 8.90. The van der Waals surface area contributed by atoms with E-state index in [-0.39, 0.29) is 0 Å². The van der Waals surface area contributed by atoms with Gasteiger partial charge in [0.1, 0.15) is 12.1 Å². The minimum absolute atomic E-state index is 0.392. The second-order valence-corrected chi connectivity index (χ2v) is 6.25. The topological polar surface area (TPSA) is 147 Å². The van der Waals surface area contributed by atoms with Gasteiger partial charge in [0, 0.05) is 6.92 Å². The summed E-state index contributed by atoms with van der Waals surface area (Å²) in [6.07, 6.45) is -5.88. The molecule has 0 saturated heterocycles. The normalized spacial score (nSPS) is 14.7. The minimum Gasteiger partial charge on any atom is -0.370 e. The molecule has 0 aromatic rings. The van der Waals surface area contributed by atoms with E-state index in [4.69, 9.17) is 5.73 Å². The molecule has 9 nitrogen and oxygen atoms in total. The second-order valence-electron chi connectivity index (χ2n) is 6.25. The molecular formula is C15H23F3N4O5. The van der Waals surface area contributed by atoms with E-state index in [1.807, 2.05) is 0 Å². The van der Waals surface area contributed by atoms with Gasteiger partial charge in [-0.15, -0.1) is 0 Å². The highest BCUT2D eigenvalue weighted by molar-refractivity contribution is 5.97. The van der Waals surface area contributed by atoms with E-state index in [9.17, 15) is 37.1 Å². The van der Waals surface area contributed by atoms with Gasteiger partial charge in [0.25, 0.3) is 5.78 Å². The van der Waals surface area contributed by atoms with E-state index < -0.39 is 66.1 Å². The lowest BCUT2D eigenvalue weighted by molar-refractivity contribution is -0.173. The number of carbonyl (C=O) groups is 5. The number of amides is 4. The Morgan fingerprint density at radius 2 is 1.44 bits per heavy atom. The summed E-state index contributed by atoms with van der Waals surface area (Å²) in [5.41, 5.74) is 5.00. The number of carbonyl (C=O) groups excluding carboxylic acids is 5. The molecule has 0 heterocycles. The number of hydrogen-bond donors (Lipinski definition) is 4. The molecule has 0 aliphatic carbocycles. The number of primary amides is 1. The molecule has 0 aromatic carbocycles. The van der Waals surface area contributed by atoms with Gasteiger partial charge in [-0.3, -0.25) is 24.0 Å². The third-order valence-electron chi connectivity index (χ3n) is 3.38. The van der Waals surface area contributed by atoms with E-state index in [0.717, 1.165) is 6.92 Å². The molecule has 12 heteroatoms. The molecule has 154 valence electrons. The molecule has 0 aliphatic rings. The Bertz CT molecular complexity index is 607. The van der Waals surface area contributed by atoms with Crippen molar-refractivity contribution in [3.05, 3.63) is 0 Å². The van der Waals surface area contributed by atoms with E-state index in [0.29, 0.717) is 0 Å². The van der Waals surface area contributed by atoms with Crippen molar-refractivity contribution in [2.24, 2.45) is 11.7 Å². The van der Waals surface area contributed by atoms with Crippen molar-refractivity contribution >= 4 is 29.4 Å². The predicted molar refractivity (Wildman–Crippen MR) is 86.9 cm³/mol. The SMILES string of the molecule is CC(=O)N[C@H](C(=O)NC(CC(N)=O)C(=O)NC(C)C(=O)C(F)(F)F)C(C)C. The molecule has 0 radical (unpaired) electrons. The fourth-order valence-corrected chi connectivity index (χ4v) is 2.05. The maximum Gasteiger partial charge on any atom is 0.452 e. The zero-order valence-corrected chi connectivity index (χ0v) is 15.3. The number of ketones is 1. The fraction of sp³-hybridized carbons (Fsp3) is 0.667. The summed E-state index contributed by atoms with van der Waals surface area (Å²) in [4.78, 5) is 57.9. The largest absolute Gasteiger partial charge is 0.452 e. The summed E-state index contributed by atoms with van der Waals surface area (Å²) in [6.45, 7) is 5.19. The number of Topliss-reactive ketones (excluding diaryl/α,β-unsaturated/α-hetero) is 1. The molecule has 0 fully saturated rings. The van der Waals surface area contributed by atoms with Crippen LogP contribution in [-0.4, -0.2) is 53.7 Å². The smallest absolute Gasteiger partial charge is 0.370 e. The van der Waals surface area contributed by atoms with Gasteiger partial charge in [0.2, 0.25) is 23.6 Å². The number of nitrogens with one attached hydrogen (secondary N) is 3. The number of nitrogens with two attached hydrogens (primary N) is 1. The van der Waals surface area contributed by atoms with Gasteiger partial charge in [-0.25, -0.2) is 0 Å². The highest BCUT2D eigenvalue weighted by Gasteiger charge is 2.42. The van der Waals surface area contributed by atoms with Gasteiger partial charge < -0.3 is 21.7 Å². The molecule has 4 amide bonds. The Morgan fingerprint density at radius 1 is 0.926 bits per heavy atom. The zero-order valence-electron chi connectivity index (χ0n) is 15.3. The molecule has 0 bridgehead atoms. The van der Waals surface area contributed by atoms with Gasteiger partial charge in [-0.2, -0.15) is 13.2 Å². The van der Waals surface area contributed by atoms with Gasteiger partial charge in [-0.1, -0.05) is 13.8 Å². The van der Waals surface area contributed by atoms with E-state index in [2.05, 4.69) is 10.6 Å². The first-order chi connectivity index (χ1) is 12.2. The molecule has 0 spiro atoms. The van der Waals surface area contributed by atoms with Crippen LogP contribution in [-0.2, 0) is 24.0 Å². The van der Waals surface area contributed by atoms with E-state index >= 15 is 0 Å². The standard InChI is InChI=1S/C15H23F3N4O5/c1-6(2)11(21-8(4)23)14(27)22-9(5-10(19)24)13(26)20-7(3)12(25)15(16,17)18/h6-7,9,11H,5H2,1-4H3,(H2,19,24)(H,20,26)(H,21,23)(H,22,27)/t7?,9?,11-/m0/s1. The zero-order chi connectivity index (χ0) is 21.5. The van der Waals surface area contributed by atoms with Crippen molar-refractivity contribution in [1.29, 1.82) is 0 Å². The molecule has 2 unspecified atom stereocenters. The molecule has 0 aliphatic heterocycles. The maximum absolute atomic E-state index is 12.4. The number of rotatable bonds is 9. The van der Waals surface area contributed by atoms with Crippen LogP contribution < -0.4 is 21.7 Å². The number of hydrogen-bond acceptors (Lipinski definition) is 5. The first-order valence-electron chi connectivity index (χ1n) is 7.94. The Balaban J connectivity index is 5.29. The average molecular weight is 396 g/mol. The molecule has 0 rings (SSSR count). The third kappa shape index (κ3) is 8.51. The lowest BCUT2D eigenvalue weighted by Gasteiger charge is -2.25. The summed E-state index contributed by atoms with van der Waals surface area (Å²) in [6, 6.07) is -4.60. The van der Waals surface area contributed by atoms with Crippen LogP contribution in [0.4, 0.5) is 13.2 Å². The molecule has 5 N–H and O–H groups in total. The van der Waals surface area contributed by atoms with Gasteiger partial charge >= 0.3 is 6.18 Å². The molecule has 0 saturated carbocycles. The van der Waals surface area contributed by atoms with Gasteiger partial charge in [0.15, 0.2) is 0 Å². The van der Waals surface area contributed by atoms with Crippen LogP contribution in [0.5, 0.6) is 0 Å². The summed E-state index contributed by atoms with van der Waals surface area (Å²) in [5, 5.41) is 6.30. The highest BCUT2D eigenvalue weighted by Crippen LogP contribution is 2.17. The van der Waals surface area contributed by atoms with E-state index in [1.54, 1.807) is 19.2 Å². The fourth-order valence-electron chi connectivity index (χ4n) is 2.05. The predicted octanol–water partition coefficient (Wildman–Crippen LogP) is -0.857. The van der Waals surface area contributed by atoms with Crippen molar-refractivity contribution in [2.45, 2.75) is 58.4 Å². The quantitative estimate of drug-likeness (QED) is 0.400. The van der Waals surface area contributed by atoms with Gasteiger partial charge in [0.05, 0.1) is 12.5 Å². The van der Waals surface area contributed by atoms with Crippen LogP contribution in [0, 0.1) is 5.92 Å². The minimum atomic E-state index is -5.16. The molecule has 3 atom stereocenters. The summed E-state index contributed by atoms with van der Waals surface area (Å²) in [5.74, 6) is -6.15. The number of alkyl halides is 3.